The summed E-state index contributed by atoms with van der Waals surface area (Å²) in [6.07, 6.45) is 3.59. The molecule has 0 aliphatic rings. The molecule has 0 amide bonds. The summed E-state index contributed by atoms with van der Waals surface area (Å²) in [4.78, 5) is 18.4. The topological polar surface area (TPSA) is 42.4 Å². The molecule has 0 radical (unpaired) electrons. The van der Waals surface area contributed by atoms with Crippen molar-refractivity contribution < 1.29 is 9.53 Å². The first-order valence-corrected chi connectivity index (χ1v) is 6.00. The average Bonchev–Trinajstić information content (AvgIpc) is 2.71. The Bertz CT molecular complexity index is 325. The third-order valence-corrected chi connectivity index (χ3v) is 2.67. The number of thiazole rings is 1. The summed E-state index contributed by atoms with van der Waals surface area (Å²) in [7, 11) is 0. The lowest BCUT2D eigenvalue weighted by Gasteiger charge is -2.18. The van der Waals surface area contributed by atoms with Crippen LogP contribution in [0.1, 0.15) is 11.8 Å². The second kappa shape index (κ2) is 7.14. The van der Waals surface area contributed by atoms with E-state index in [4.69, 9.17) is 4.74 Å². The maximum Gasteiger partial charge on any atom is 0.320 e. The third-order valence-electron chi connectivity index (χ3n) is 1.91. The van der Waals surface area contributed by atoms with Crippen LogP contribution in [-0.4, -0.2) is 35.5 Å². The lowest BCUT2D eigenvalue weighted by atomic mass is 10.4. The molecule has 4 nitrogen and oxygen atoms in total. The van der Waals surface area contributed by atoms with Gasteiger partial charge in [-0.1, -0.05) is 6.08 Å². The molecule has 0 aromatic carbocycles. The van der Waals surface area contributed by atoms with Crippen LogP contribution < -0.4 is 0 Å². The van der Waals surface area contributed by atoms with Gasteiger partial charge in [0, 0.05) is 24.2 Å². The largest absolute Gasteiger partial charge is 0.465 e. The van der Waals surface area contributed by atoms with E-state index in [0.29, 0.717) is 19.7 Å². The first-order valence-electron chi connectivity index (χ1n) is 5.12. The van der Waals surface area contributed by atoms with Crippen LogP contribution in [0.4, 0.5) is 0 Å². The Hall–Kier alpha value is -1.20. The fourth-order valence-corrected chi connectivity index (χ4v) is 1.93. The van der Waals surface area contributed by atoms with E-state index in [1.54, 1.807) is 29.8 Å². The normalized spacial score (nSPS) is 10.4. The predicted octanol–water partition coefficient (Wildman–Crippen LogP) is 1.69. The minimum Gasteiger partial charge on any atom is -0.465 e. The van der Waals surface area contributed by atoms with Crippen LogP contribution in [-0.2, 0) is 16.1 Å². The first-order chi connectivity index (χ1) is 7.76. The number of hydrogen-bond donors (Lipinski definition) is 0. The van der Waals surface area contributed by atoms with Crippen molar-refractivity contribution in [1.82, 2.24) is 9.88 Å². The predicted molar refractivity (Wildman–Crippen MR) is 64.2 cm³/mol. The van der Waals surface area contributed by atoms with E-state index in [1.807, 2.05) is 11.1 Å². The highest BCUT2D eigenvalue weighted by molar-refractivity contribution is 7.09. The van der Waals surface area contributed by atoms with Crippen molar-refractivity contribution in [2.24, 2.45) is 0 Å². The van der Waals surface area contributed by atoms with Crippen molar-refractivity contribution in [3.05, 3.63) is 29.2 Å². The van der Waals surface area contributed by atoms with Gasteiger partial charge in [0.2, 0.25) is 0 Å². The molecule has 0 unspecified atom stereocenters. The van der Waals surface area contributed by atoms with Crippen molar-refractivity contribution in [2.45, 2.75) is 13.5 Å². The molecule has 5 heteroatoms. The van der Waals surface area contributed by atoms with Crippen molar-refractivity contribution >= 4 is 17.3 Å². The van der Waals surface area contributed by atoms with E-state index in [9.17, 15) is 4.79 Å². The monoisotopic (exact) mass is 240 g/mol. The van der Waals surface area contributed by atoms with E-state index in [2.05, 4.69) is 11.6 Å². The highest BCUT2D eigenvalue weighted by Gasteiger charge is 2.11. The molecule has 1 heterocycles. The summed E-state index contributed by atoms with van der Waals surface area (Å²) in [5, 5.41) is 0. The number of carbonyl (C=O) groups is 1. The number of aromatic nitrogens is 1. The van der Waals surface area contributed by atoms with E-state index in [0.717, 1.165) is 4.88 Å². The number of esters is 1. The lowest BCUT2D eigenvalue weighted by molar-refractivity contribution is -0.144. The fourth-order valence-electron chi connectivity index (χ4n) is 1.30. The number of ether oxygens (including phenoxy) is 1. The number of nitrogens with zero attached hydrogens (tertiary/aromatic N) is 2. The van der Waals surface area contributed by atoms with Gasteiger partial charge >= 0.3 is 5.97 Å². The van der Waals surface area contributed by atoms with Gasteiger partial charge < -0.3 is 4.74 Å². The molecule has 0 saturated heterocycles. The summed E-state index contributed by atoms with van der Waals surface area (Å²) < 4.78 is 4.91. The minimum absolute atomic E-state index is 0.200. The minimum atomic E-state index is -0.200. The molecule has 1 rings (SSSR count). The van der Waals surface area contributed by atoms with Crippen molar-refractivity contribution in [3.63, 3.8) is 0 Å². The van der Waals surface area contributed by atoms with Crippen LogP contribution in [0.3, 0.4) is 0 Å². The zero-order chi connectivity index (χ0) is 11.8. The zero-order valence-corrected chi connectivity index (χ0v) is 10.2. The summed E-state index contributed by atoms with van der Waals surface area (Å²) >= 11 is 1.58. The standard InChI is InChI=1S/C11H16N2O2S/c1-3-5-13(8-11(14)15-4-2)7-10-6-12-9-16-10/h3,6,9H,1,4-5,7-8H2,2H3. The van der Waals surface area contributed by atoms with Gasteiger partial charge in [-0.05, 0) is 6.92 Å². The Balaban J connectivity index is 2.47. The highest BCUT2D eigenvalue weighted by Crippen LogP contribution is 2.09. The summed E-state index contributed by atoms with van der Waals surface area (Å²) in [5.41, 5.74) is 1.78. The maximum absolute atomic E-state index is 11.3. The molecule has 0 N–H and O–H groups in total. The number of carbonyl (C=O) groups excluding carboxylic acids is 1. The van der Waals surface area contributed by atoms with E-state index in [-0.39, 0.29) is 12.5 Å². The third kappa shape index (κ3) is 4.55. The molecule has 0 fully saturated rings. The molecular weight excluding hydrogens is 224 g/mol. The highest BCUT2D eigenvalue weighted by atomic mass is 32.1. The molecule has 0 saturated carbocycles. The molecule has 1 aromatic heterocycles. The van der Waals surface area contributed by atoms with Gasteiger partial charge in [0.05, 0.1) is 18.7 Å². The summed E-state index contributed by atoms with van der Waals surface area (Å²) in [6, 6.07) is 0. The molecule has 0 atom stereocenters. The Kier molecular flexibility index (Phi) is 5.74. The summed E-state index contributed by atoms with van der Waals surface area (Å²) in [6.45, 7) is 7.56. The number of hydrogen-bond acceptors (Lipinski definition) is 5. The number of rotatable bonds is 7. The maximum atomic E-state index is 11.3. The molecular formula is C11H16N2O2S. The Morgan fingerprint density at radius 3 is 3.12 bits per heavy atom. The smallest absolute Gasteiger partial charge is 0.320 e. The molecule has 0 aliphatic carbocycles. The Labute approximate surface area is 99.6 Å². The molecule has 0 bridgehead atoms. The van der Waals surface area contributed by atoms with Crippen molar-refractivity contribution in [1.29, 1.82) is 0 Å². The van der Waals surface area contributed by atoms with Crippen LogP contribution in [0.25, 0.3) is 0 Å². The molecule has 0 spiro atoms. The van der Waals surface area contributed by atoms with Crippen LogP contribution >= 0.6 is 11.3 Å². The second-order valence-electron chi connectivity index (χ2n) is 3.23. The Morgan fingerprint density at radius 2 is 2.56 bits per heavy atom. The van der Waals surface area contributed by atoms with Gasteiger partial charge in [0.15, 0.2) is 0 Å². The van der Waals surface area contributed by atoms with Crippen LogP contribution in [0, 0.1) is 0 Å². The van der Waals surface area contributed by atoms with Crippen molar-refractivity contribution in [2.75, 3.05) is 19.7 Å². The van der Waals surface area contributed by atoms with E-state index >= 15 is 0 Å². The molecule has 0 aliphatic heterocycles. The zero-order valence-electron chi connectivity index (χ0n) is 9.39. The Morgan fingerprint density at radius 1 is 1.75 bits per heavy atom. The first kappa shape index (κ1) is 12.9. The van der Waals surface area contributed by atoms with Gasteiger partial charge in [0.1, 0.15) is 0 Å². The molecule has 16 heavy (non-hydrogen) atoms. The summed E-state index contributed by atoms with van der Waals surface area (Å²) in [5.74, 6) is -0.200. The molecule has 1 aromatic rings. The van der Waals surface area contributed by atoms with E-state index < -0.39 is 0 Å². The van der Waals surface area contributed by atoms with Crippen LogP contribution in [0.5, 0.6) is 0 Å². The van der Waals surface area contributed by atoms with Gasteiger partial charge in [0.25, 0.3) is 0 Å². The molecule has 88 valence electrons. The quantitative estimate of drug-likeness (QED) is 0.537. The van der Waals surface area contributed by atoms with E-state index in [1.165, 1.54) is 0 Å². The van der Waals surface area contributed by atoms with Gasteiger partial charge in [-0.3, -0.25) is 14.7 Å². The van der Waals surface area contributed by atoms with Gasteiger partial charge in [-0.2, -0.15) is 0 Å². The van der Waals surface area contributed by atoms with Crippen LogP contribution in [0.2, 0.25) is 0 Å². The fraction of sp³-hybridized carbons (Fsp3) is 0.455. The van der Waals surface area contributed by atoms with Gasteiger partial charge in [-0.25, -0.2) is 0 Å². The average molecular weight is 240 g/mol. The van der Waals surface area contributed by atoms with Gasteiger partial charge in [-0.15, -0.1) is 17.9 Å². The lowest BCUT2D eigenvalue weighted by Crippen LogP contribution is -2.30. The van der Waals surface area contributed by atoms with Crippen LogP contribution in [0.15, 0.2) is 24.4 Å². The van der Waals surface area contributed by atoms with Crippen molar-refractivity contribution in [3.8, 4) is 0 Å². The second-order valence-corrected chi connectivity index (χ2v) is 4.20. The SMILES string of the molecule is C=CCN(CC(=O)OCC)Cc1cncs1.